The van der Waals surface area contributed by atoms with Crippen LogP contribution in [0.1, 0.15) is 11.8 Å². The molecule has 0 amide bonds. The molecule has 0 aliphatic heterocycles. The molecule has 0 aliphatic carbocycles. The van der Waals surface area contributed by atoms with Gasteiger partial charge in [0, 0.05) is 30.3 Å². The Morgan fingerprint density at radius 1 is 1.50 bits per heavy atom. The monoisotopic (exact) mass is 399 g/mol. The zero-order valence-electron chi connectivity index (χ0n) is 11.1. The lowest BCUT2D eigenvalue weighted by Gasteiger charge is -2.14. The van der Waals surface area contributed by atoms with E-state index in [0.717, 1.165) is 25.5 Å². The van der Waals surface area contributed by atoms with Gasteiger partial charge in [0.05, 0.1) is 0 Å². The van der Waals surface area contributed by atoms with E-state index >= 15 is 0 Å². The molecule has 2 N–H and O–H groups in total. The quantitative estimate of drug-likeness (QED) is 0.439. The summed E-state index contributed by atoms with van der Waals surface area (Å²) < 4.78 is 0. The standard InChI is InChI=1S/C12H21N3S2.HI/c1-10(16-3)9-15-12(13-2)14-7-6-11-5-4-8-17-11;/h4-5,8,10H,6-7,9H2,1-3H3,(H2,13,14,15);1H. The van der Waals surface area contributed by atoms with E-state index in [-0.39, 0.29) is 24.0 Å². The van der Waals surface area contributed by atoms with Gasteiger partial charge in [-0.2, -0.15) is 11.8 Å². The number of thiophene rings is 1. The molecule has 0 radical (unpaired) electrons. The van der Waals surface area contributed by atoms with Crippen LogP contribution in [0.3, 0.4) is 0 Å². The van der Waals surface area contributed by atoms with Crippen LogP contribution in [0.4, 0.5) is 0 Å². The number of aliphatic imine (C=N–C) groups is 1. The molecule has 1 heterocycles. The smallest absolute Gasteiger partial charge is 0.191 e. The molecular weight excluding hydrogens is 377 g/mol. The Labute approximate surface area is 135 Å². The highest BCUT2D eigenvalue weighted by atomic mass is 127. The van der Waals surface area contributed by atoms with Gasteiger partial charge in [0.15, 0.2) is 5.96 Å². The van der Waals surface area contributed by atoms with Gasteiger partial charge in [-0.1, -0.05) is 13.0 Å². The van der Waals surface area contributed by atoms with E-state index in [9.17, 15) is 0 Å². The second kappa shape index (κ2) is 10.9. The number of hydrogen-bond donors (Lipinski definition) is 2. The normalized spacial score (nSPS) is 12.7. The Bertz CT molecular complexity index is 328. The maximum Gasteiger partial charge on any atom is 0.191 e. The third-order valence-electron chi connectivity index (χ3n) is 2.43. The Kier molecular flexibility index (Phi) is 11.0. The third kappa shape index (κ3) is 7.48. The van der Waals surface area contributed by atoms with Gasteiger partial charge < -0.3 is 10.6 Å². The number of guanidine groups is 1. The van der Waals surface area contributed by atoms with Crippen LogP contribution in [-0.4, -0.2) is 37.6 Å². The largest absolute Gasteiger partial charge is 0.356 e. The molecule has 0 spiro atoms. The van der Waals surface area contributed by atoms with Crippen molar-refractivity contribution in [2.75, 3.05) is 26.4 Å². The first-order chi connectivity index (χ1) is 8.26. The van der Waals surface area contributed by atoms with Gasteiger partial charge in [-0.3, -0.25) is 4.99 Å². The van der Waals surface area contributed by atoms with Gasteiger partial charge in [0.2, 0.25) is 0 Å². The van der Waals surface area contributed by atoms with Crippen LogP contribution in [0, 0.1) is 0 Å². The van der Waals surface area contributed by atoms with Crippen molar-refractivity contribution in [3.05, 3.63) is 22.4 Å². The molecule has 1 rings (SSSR count). The van der Waals surface area contributed by atoms with Gasteiger partial charge in [-0.25, -0.2) is 0 Å². The number of thioether (sulfide) groups is 1. The Hall–Kier alpha value is 0.0500. The lowest BCUT2D eigenvalue weighted by atomic mass is 10.3. The van der Waals surface area contributed by atoms with E-state index in [2.05, 4.69) is 46.3 Å². The summed E-state index contributed by atoms with van der Waals surface area (Å²) in [6, 6.07) is 4.26. The highest BCUT2D eigenvalue weighted by Crippen LogP contribution is 2.08. The molecule has 0 bridgehead atoms. The fourth-order valence-corrected chi connectivity index (χ4v) is 2.26. The minimum atomic E-state index is 0. The fourth-order valence-electron chi connectivity index (χ4n) is 1.30. The predicted molar refractivity (Wildman–Crippen MR) is 95.8 cm³/mol. The lowest BCUT2D eigenvalue weighted by molar-refractivity contribution is 0.785. The van der Waals surface area contributed by atoms with Crippen molar-refractivity contribution in [1.82, 2.24) is 10.6 Å². The van der Waals surface area contributed by atoms with E-state index in [1.807, 2.05) is 18.8 Å². The molecule has 3 nitrogen and oxygen atoms in total. The van der Waals surface area contributed by atoms with E-state index < -0.39 is 0 Å². The summed E-state index contributed by atoms with van der Waals surface area (Å²) in [6.07, 6.45) is 3.18. The molecule has 0 aliphatic rings. The minimum absolute atomic E-state index is 0. The van der Waals surface area contributed by atoms with Crippen molar-refractivity contribution in [3.63, 3.8) is 0 Å². The Morgan fingerprint density at radius 3 is 2.83 bits per heavy atom. The topological polar surface area (TPSA) is 36.4 Å². The number of rotatable bonds is 6. The van der Waals surface area contributed by atoms with E-state index in [1.165, 1.54) is 4.88 Å². The summed E-state index contributed by atoms with van der Waals surface area (Å²) >= 11 is 3.66. The first-order valence-electron chi connectivity index (χ1n) is 5.76. The van der Waals surface area contributed by atoms with Gasteiger partial charge in [-0.05, 0) is 24.1 Å². The van der Waals surface area contributed by atoms with Crippen molar-refractivity contribution >= 4 is 53.0 Å². The van der Waals surface area contributed by atoms with E-state index in [1.54, 1.807) is 11.3 Å². The van der Waals surface area contributed by atoms with Crippen molar-refractivity contribution in [2.24, 2.45) is 4.99 Å². The first-order valence-corrected chi connectivity index (χ1v) is 7.92. The Balaban J connectivity index is 0.00000289. The molecule has 104 valence electrons. The zero-order chi connectivity index (χ0) is 12.5. The number of nitrogens with zero attached hydrogens (tertiary/aromatic N) is 1. The number of nitrogens with one attached hydrogen (secondary N) is 2. The average Bonchev–Trinajstić information content (AvgIpc) is 2.86. The fraction of sp³-hybridized carbons (Fsp3) is 0.583. The summed E-state index contributed by atoms with van der Waals surface area (Å²) in [4.78, 5) is 5.61. The van der Waals surface area contributed by atoms with Gasteiger partial charge in [0.25, 0.3) is 0 Å². The molecule has 0 aromatic carbocycles. The van der Waals surface area contributed by atoms with Crippen molar-refractivity contribution in [3.8, 4) is 0 Å². The molecule has 1 aromatic heterocycles. The zero-order valence-corrected chi connectivity index (χ0v) is 15.1. The lowest BCUT2D eigenvalue weighted by Crippen LogP contribution is -2.40. The molecule has 0 saturated heterocycles. The maximum absolute atomic E-state index is 4.20. The maximum atomic E-state index is 4.20. The summed E-state index contributed by atoms with van der Waals surface area (Å²) in [5.41, 5.74) is 0. The number of halogens is 1. The van der Waals surface area contributed by atoms with Crippen LogP contribution in [0.25, 0.3) is 0 Å². The molecular formula is C12H22IN3S2. The van der Waals surface area contributed by atoms with Crippen LogP contribution in [0.15, 0.2) is 22.5 Å². The molecule has 6 heteroatoms. The predicted octanol–water partition coefficient (Wildman–Crippen LogP) is 2.83. The summed E-state index contributed by atoms with van der Waals surface area (Å²) in [7, 11) is 1.81. The third-order valence-corrected chi connectivity index (χ3v) is 4.33. The van der Waals surface area contributed by atoms with E-state index in [4.69, 9.17) is 0 Å². The molecule has 0 saturated carbocycles. The summed E-state index contributed by atoms with van der Waals surface area (Å²) in [5, 5.41) is 9.36. The summed E-state index contributed by atoms with van der Waals surface area (Å²) in [6.45, 7) is 4.07. The molecule has 1 aromatic rings. The first kappa shape index (κ1) is 18.0. The van der Waals surface area contributed by atoms with Crippen molar-refractivity contribution in [1.29, 1.82) is 0 Å². The van der Waals surface area contributed by atoms with Gasteiger partial charge >= 0.3 is 0 Å². The van der Waals surface area contributed by atoms with Crippen LogP contribution in [-0.2, 0) is 6.42 Å². The van der Waals surface area contributed by atoms with Crippen LogP contribution >= 0.6 is 47.1 Å². The van der Waals surface area contributed by atoms with Crippen LogP contribution in [0.5, 0.6) is 0 Å². The highest BCUT2D eigenvalue weighted by molar-refractivity contribution is 14.0. The highest BCUT2D eigenvalue weighted by Gasteiger charge is 2.01. The molecule has 18 heavy (non-hydrogen) atoms. The van der Waals surface area contributed by atoms with Gasteiger partial charge in [-0.15, -0.1) is 35.3 Å². The number of hydrogen-bond acceptors (Lipinski definition) is 3. The SMILES string of the molecule is CN=C(NCCc1cccs1)NCC(C)SC.I. The second-order valence-corrected chi connectivity index (χ2v) is 6.06. The van der Waals surface area contributed by atoms with Crippen molar-refractivity contribution < 1.29 is 0 Å². The molecule has 0 fully saturated rings. The summed E-state index contributed by atoms with van der Waals surface area (Å²) in [5.74, 6) is 0.891. The molecule has 1 unspecified atom stereocenters. The minimum Gasteiger partial charge on any atom is -0.356 e. The molecule has 1 atom stereocenters. The van der Waals surface area contributed by atoms with Crippen LogP contribution in [0.2, 0.25) is 0 Å². The van der Waals surface area contributed by atoms with Crippen LogP contribution < -0.4 is 10.6 Å². The van der Waals surface area contributed by atoms with Crippen molar-refractivity contribution in [2.45, 2.75) is 18.6 Å². The Morgan fingerprint density at radius 2 is 2.28 bits per heavy atom. The second-order valence-electron chi connectivity index (χ2n) is 3.76. The average molecular weight is 399 g/mol. The van der Waals surface area contributed by atoms with E-state index in [0.29, 0.717) is 5.25 Å². The van der Waals surface area contributed by atoms with Gasteiger partial charge in [0.1, 0.15) is 0 Å².